The van der Waals surface area contributed by atoms with Crippen molar-refractivity contribution in [3.8, 4) is 0 Å². The van der Waals surface area contributed by atoms with Crippen molar-refractivity contribution in [3.05, 3.63) is 65.2 Å². The number of carbonyl (C=O) groups is 4. The summed E-state index contributed by atoms with van der Waals surface area (Å²) >= 11 is 0. The van der Waals surface area contributed by atoms with Crippen molar-refractivity contribution in [1.29, 1.82) is 0 Å². The smallest absolute Gasteiger partial charge is 0.335 e. The highest BCUT2D eigenvalue weighted by Crippen LogP contribution is 2.23. The van der Waals surface area contributed by atoms with Crippen LogP contribution in [-0.4, -0.2) is 43.0 Å². The number of nitrogens with one attached hydrogen (secondary N) is 1. The van der Waals surface area contributed by atoms with E-state index in [9.17, 15) is 19.2 Å². The number of nitrogens with zero attached hydrogens (tertiary/aromatic N) is 2. The molecule has 1 saturated heterocycles. The van der Waals surface area contributed by atoms with Crippen LogP contribution in [0.4, 0.5) is 16.2 Å². The number of benzene rings is 2. The van der Waals surface area contributed by atoms with Gasteiger partial charge >= 0.3 is 12.0 Å². The number of aromatic carboxylic acids is 1. The van der Waals surface area contributed by atoms with E-state index in [4.69, 9.17) is 5.11 Å². The van der Waals surface area contributed by atoms with Gasteiger partial charge in [0.1, 0.15) is 5.57 Å². The summed E-state index contributed by atoms with van der Waals surface area (Å²) in [5.74, 6) is -2.70. The Kier molecular flexibility index (Phi) is 4.95. The minimum Gasteiger partial charge on any atom is -0.478 e. The van der Waals surface area contributed by atoms with Crippen LogP contribution in [0, 0.1) is 0 Å². The molecular weight excluding hydrogens is 362 g/mol. The van der Waals surface area contributed by atoms with Gasteiger partial charge in [0.15, 0.2) is 0 Å². The van der Waals surface area contributed by atoms with E-state index in [0.29, 0.717) is 5.56 Å². The predicted molar refractivity (Wildman–Crippen MR) is 103 cm³/mol. The third-order valence-corrected chi connectivity index (χ3v) is 4.19. The van der Waals surface area contributed by atoms with Crippen molar-refractivity contribution >= 4 is 41.3 Å². The van der Waals surface area contributed by atoms with Crippen LogP contribution in [0.2, 0.25) is 0 Å². The van der Waals surface area contributed by atoms with Crippen molar-refractivity contribution in [2.75, 3.05) is 23.9 Å². The Morgan fingerprint density at radius 2 is 1.61 bits per heavy atom. The van der Waals surface area contributed by atoms with E-state index in [1.807, 2.05) is 31.1 Å². The topological polar surface area (TPSA) is 107 Å². The molecule has 0 aromatic heterocycles. The van der Waals surface area contributed by atoms with E-state index < -0.39 is 23.8 Å². The Morgan fingerprint density at radius 3 is 2.14 bits per heavy atom. The van der Waals surface area contributed by atoms with Crippen molar-refractivity contribution < 1.29 is 24.3 Å². The fourth-order valence-electron chi connectivity index (χ4n) is 2.68. The summed E-state index contributed by atoms with van der Waals surface area (Å²) in [4.78, 5) is 50.8. The second-order valence-corrected chi connectivity index (χ2v) is 6.30. The van der Waals surface area contributed by atoms with Gasteiger partial charge in [-0.25, -0.2) is 14.5 Å². The lowest BCUT2D eigenvalue weighted by molar-refractivity contribution is -0.122. The van der Waals surface area contributed by atoms with Crippen LogP contribution in [0.5, 0.6) is 0 Å². The third-order valence-electron chi connectivity index (χ3n) is 4.19. The molecule has 2 aromatic rings. The van der Waals surface area contributed by atoms with Gasteiger partial charge in [0.2, 0.25) is 0 Å². The zero-order valence-electron chi connectivity index (χ0n) is 15.2. The highest BCUT2D eigenvalue weighted by atomic mass is 16.4. The minimum atomic E-state index is -1.13. The number of anilines is 2. The molecule has 0 bridgehead atoms. The number of urea groups is 1. The third kappa shape index (κ3) is 3.61. The summed E-state index contributed by atoms with van der Waals surface area (Å²) in [5, 5.41) is 11.1. The molecule has 4 amide bonds. The molecule has 1 aliphatic rings. The number of carbonyl (C=O) groups excluding carboxylic acids is 3. The number of rotatable bonds is 4. The van der Waals surface area contributed by atoms with Gasteiger partial charge < -0.3 is 10.0 Å². The zero-order valence-corrected chi connectivity index (χ0v) is 15.2. The monoisotopic (exact) mass is 379 g/mol. The molecule has 0 unspecified atom stereocenters. The van der Waals surface area contributed by atoms with E-state index in [-0.39, 0.29) is 16.8 Å². The largest absolute Gasteiger partial charge is 0.478 e. The maximum absolute atomic E-state index is 12.8. The van der Waals surface area contributed by atoms with Gasteiger partial charge in [0, 0.05) is 19.8 Å². The number of barbiturate groups is 1. The molecule has 8 nitrogen and oxygen atoms in total. The number of carboxylic acids is 1. The molecule has 0 aliphatic carbocycles. The molecule has 8 heteroatoms. The summed E-state index contributed by atoms with van der Waals surface area (Å²) in [6.45, 7) is 0. The summed E-state index contributed by atoms with van der Waals surface area (Å²) in [6, 6.07) is 11.5. The first kappa shape index (κ1) is 18.8. The fraction of sp³-hybridized carbons (Fsp3) is 0.100. The molecule has 142 valence electrons. The van der Waals surface area contributed by atoms with E-state index in [2.05, 4.69) is 5.32 Å². The molecule has 1 aliphatic heterocycles. The Labute approximate surface area is 160 Å². The van der Waals surface area contributed by atoms with Crippen LogP contribution >= 0.6 is 0 Å². The minimum absolute atomic E-state index is 0.0152. The highest BCUT2D eigenvalue weighted by molar-refractivity contribution is 6.39. The molecule has 2 aromatic carbocycles. The van der Waals surface area contributed by atoms with Crippen molar-refractivity contribution in [2.45, 2.75) is 0 Å². The van der Waals surface area contributed by atoms with Crippen molar-refractivity contribution in [1.82, 2.24) is 5.32 Å². The number of imide groups is 2. The summed E-state index contributed by atoms with van der Waals surface area (Å²) in [6.07, 6.45) is 1.40. The van der Waals surface area contributed by atoms with Gasteiger partial charge in [-0.2, -0.15) is 0 Å². The molecule has 3 rings (SSSR count). The molecule has 1 heterocycles. The van der Waals surface area contributed by atoms with Crippen molar-refractivity contribution in [3.63, 3.8) is 0 Å². The van der Waals surface area contributed by atoms with Gasteiger partial charge in [-0.3, -0.25) is 14.9 Å². The molecule has 0 saturated carbocycles. The molecule has 0 atom stereocenters. The summed E-state index contributed by atoms with van der Waals surface area (Å²) in [5.41, 5.74) is 1.56. The van der Waals surface area contributed by atoms with E-state index in [1.165, 1.54) is 30.3 Å². The molecule has 0 spiro atoms. The number of carboxylic acid groups (broad SMARTS) is 1. The van der Waals surface area contributed by atoms with Crippen LogP contribution in [0.3, 0.4) is 0 Å². The molecule has 2 N–H and O–H groups in total. The van der Waals surface area contributed by atoms with Crippen LogP contribution in [0.15, 0.2) is 54.1 Å². The maximum atomic E-state index is 12.8. The number of amides is 4. The van der Waals surface area contributed by atoms with Gasteiger partial charge in [-0.15, -0.1) is 0 Å². The quantitative estimate of drug-likeness (QED) is 0.622. The molecule has 28 heavy (non-hydrogen) atoms. The van der Waals surface area contributed by atoms with Crippen molar-refractivity contribution in [2.24, 2.45) is 0 Å². The van der Waals surface area contributed by atoms with E-state index >= 15 is 0 Å². The zero-order chi connectivity index (χ0) is 20.4. The Morgan fingerprint density at radius 1 is 1.00 bits per heavy atom. The van der Waals surface area contributed by atoms with Gasteiger partial charge in [-0.05, 0) is 48.0 Å². The Hall–Kier alpha value is -3.94. The number of hydrogen-bond acceptors (Lipinski definition) is 5. The normalized spacial score (nSPS) is 15.6. The lowest BCUT2D eigenvalue weighted by atomic mass is 10.1. The predicted octanol–water partition coefficient (Wildman–Crippen LogP) is 2.12. The number of hydrogen-bond donors (Lipinski definition) is 2. The van der Waals surface area contributed by atoms with Gasteiger partial charge in [-0.1, -0.05) is 12.1 Å². The average Bonchev–Trinajstić information content (AvgIpc) is 2.65. The van der Waals surface area contributed by atoms with Gasteiger partial charge in [0.25, 0.3) is 11.8 Å². The standard InChI is InChI=1S/C20H17N3O5/c1-22(2)14-7-3-12(4-8-14)11-16-17(24)21-20(28)23(18(16)25)15-9-5-13(6-10-15)19(26)27/h3-11H,1-2H3,(H,26,27)(H,21,24,28). The fourth-order valence-corrected chi connectivity index (χ4v) is 2.68. The first-order valence-corrected chi connectivity index (χ1v) is 8.30. The molecule has 0 radical (unpaired) electrons. The Bertz CT molecular complexity index is 992. The molecular formula is C20H17N3O5. The first-order valence-electron chi connectivity index (χ1n) is 8.30. The van der Waals surface area contributed by atoms with Crippen LogP contribution in [0.1, 0.15) is 15.9 Å². The first-order chi connectivity index (χ1) is 13.3. The summed E-state index contributed by atoms with van der Waals surface area (Å²) in [7, 11) is 3.79. The second-order valence-electron chi connectivity index (χ2n) is 6.30. The van der Waals surface area contributed by atoms with Crippen LogP contribution < -0.4 is 15.1 Å². The summed E-state index contributed by atoms with van der Waals surface area (Å²) < 4.78 is 0. The SMILES string of the molecule is CN(C)c1ccc(C=C2C(=O)NC(=O)N(c3ccc(C(=O)O)cc3)C2=O)cc1. The lowest BCUT2D eigenvalue weighted by Gasteiger charge is -2.26. The van der Waals surface area contributed by atoms with E-state index in [1.54, 1.807) is 12.1 Å². The molecule has 1 fully saturated rings. The van der Waals surface area contributed by atoms with Crippen LogP contribution in [-0.2, 0) is 9.59 Å². The van der Waals surface area contributed by atoms with Crippen LogP contribution in [0.25, 0.3) is 6.08 Å². The maximum Gasteiger partial charge on any atom is 0.335 e. The Balaban J connectivity index is 1.94. The lowest BCUT2D eigenvalue weighted by Crippen LogP contribution is -2.54. The second kappa shape index (κ2) is 7.36. The highest BCUT2D eigenvalue weighted by Gasteiger charge is 2.36. The van der Waals surface area contributed by atoms with Gasteiger partial charge in [0.05, 0.1) is 11.3 Å². The average molecular weight is 379 g/mol. The van der Waals surface area contributed by atoms with E-state index in [0.717, 1.165) is 10.6 Å².